The molecule has 5 nitrogen and oxygen atoms in total. The Balaban J connectivity index is 1.66. The Labute approximate surface area is 132 Å². The van der Waals surface area contributed by atoms with Crippen molar-refractivity contribution in [3.8, 4) is 11.5 Å². The number of hydrogen-bond donors (Lipinski definition) is 0. The number of rotatable bonds is 5. The van der Waals surface area contributed by atoms with Gasteiger partial charge in [0.15, 0.2) is 14.5 Å². The first-order valence-corrected chi connectivity index (χ1v) is 8.86. The van der Waals surface area contributed by atoms with Gasteiger partial charge in [0.05, 0.1) is 5.75 Å². The van der Waals surface area contributed by atoms with E-state index in [2.05, 4.69) is 20.3 Å². The quantitative estimate of drug-likeness (QED) is 0.655. The molecule has 0 fully saturated rings. The normalized spacial score (nSPS) is 11.0. The van der Waals surface area contributed by atoms with Gasteiger partial charge in [0.2, 0.25) is 0 Å². The van der Waals surface area contributed by atoms with Gasteiger partial charge in [-0.3, -0.25) is 0 Å². The minimum Gasteiger partial charge on any atom is -0.334 e. The largest absolute Gasteiger partial charge is 0.334 e. The summed E-state index contributed by atoms with van der Waals surface area (Å²) in [4.78, 5) is 4.28. The summed E-state index contributed by atoms with van der Waals surface area (Å²) in [5, 5.41) is 12.0. The van der Waals surface area contributed by atoms with Gasteiger partial charge in [0, 0.05) is 5.56 Å². The molecule has 0 saturated carbocycles. The zero-order valence-corrected chi connectivity index (χ0v) is 13.3. The number of benzene rings is 1. The van der Waals surface area contributed by atoms with Crippen LogP contribution in [0.2, 0.25) is 0 Å². The van der Waals surface area contributed by atoms with Gasteiger partial charge in [-0.1, -0.05) is 40.0 Å². The number of halogens is 1. The van der Waals surface area contributed by atoms with E-state index in [4.69, 9.17) is 4.52 Å². The van der Waals surface area contributed by atoms with E-state index in [1.54, 1.807) is 23.9 Å². The minimum atomic E-state index is -0.296. The van der Waals surface area contributed by atoms with Crippen molar-refractivity contribution in [2.24, 2.45) is 0 Å². The van der Waals surface area contributed by atoms with Crippen LogP contribution in [0, 0.1) is 5.82 Å². The molecule has 108 valence electrons. The lowest BCUT2D eigenvalue weighted by atomic mass is 10.2. The monoisotopic (exact) mass is 340 g/mol. The third-order valence-electron chi connectivity index (χ3n) is 2.45. The van der Waals surface area contributed by atoms with E-state index in [0.717, 1.165) is 8.68 Å². The topological polar surface area (TPSA) is 64.7 Å². The molecular weight excluding hydrogens is 331 g/mol. The second-order valence-electron chi connectivity index (χ2n) is 3.85. The molecule has 0 bridgehead atoms. The minimum absolute atomic E-state index is 0.296. The Bertz CT molecular complexity index is 728. The van der Waals surface area contributed by atoms with Crippen LogP contribution in [0.4, 0.5) is 4.39 Å². The maximum Gasteiger partial charge on any atom is 0.257 e. The summed E-state index contributed by atoms with van der Waals surface area (Å²) >= 11 is 4.61. The standard InChI is InChI=1S/C12H9FN4OS3/c1-19-11-15-16-12(21-11)20-6-9-14-10(18-17-9)7-2-4-8(13)5-3-7/h2-5H,6H2,1H3. The lowest BCUT2D eigenvalue weighted by molar-refractivity contribution is 0.425. The third kappa shape index (κ3) is 3.60. The fourth-order valence-corrected chi connectivity index (χ4v) is 3.77. The first kappa shape index (κ1) is 14.5. The van der Waals surface area contributed by atoms with E-state index in [1.165, 1.54) is 35.2 Å². The molecule has 0 spiro atoms. The van der Waals surface area contributed by atoms with Gasteiger partial charge in [-0.05, 0) is 30.5 Å². The molecule has 0 atom stereocenters. The van der Waals surface area contributed by atoms with E-state index in [9.17, 15) is 4.39 Å². The predicted octanol–water partition coefficient (Wildman–Crippen LogP) is 3.74. The molecular formula is C12H9FN4OS3. The van der Waals surface area contributed by atoms with Gasteiger partial charge in [-0.25, -0.2) is 4.39 Å². The Kier molecular flexibility index (Phi) is 4.51. The van der Waals surface area contributed by atoms with Gasteiger partial charge >= 0.3 is 0 Å². The highest BCUT2D eigenvalue weighted by Gasteiger charge is 2.11. The molecule has 0 saturated heterocycles. The van der Waals surface area contributed by atoms with Gasteiger partial charge in [-0.15, -0.1) is 10.2 Å². The third-order valence-corrected chi connectivity index (χ3v) is 5.47. The average molecular weight is 340 g/mol. The van der Waals surface area contributed by atoms with Crippen molar-refractivity contribution < 1.29 is 8.91 Å². The second-order valence-corrected chi connectivity index (χ2v) is 7.10. The van der Waals surface area contributed by atoms with E-state index in [1.807, 2.05) is 6.26 Å². The van der Waals surface area contributed by atoms with Crippen molar-refractivity contribution in [1.29, 1.82) is 0 Å². The molecule has 1 aromatic carbocycles. The average Bonchev–Trinajstić information content (AvgIpc) is 3.15. The van der Waals surface area contributed by atoms with Crippen LogP contribution in [-0.2, 0) is 5.75 Å². The van der Waals surface area contributed by atoms with E-state index in [0.29, 0.717) is 23.0 Å². The summed E-state index contributed by atoms with van der Waals surface area (Å²) in [6, 6.07) is 5.93. The molecule has 0 unspecified atom stereocenters. The summed E-state index contributed by atoms with van der Waals surface area (Å²) in [5.41, 5.74) is 0.695. The zero-order valence-electron chi connectivity index (χ0n) is 10.8. The summed E-state index contributed by atoms with van der Waals surface area (Å²) in [7, 11) is 0. The molecule has 0 aliphatic rings. The van der Waals surface area contributed by atoms with Gasteiger partial charge in [0.1, 0.15) is 5.82 Å². The number of aromatic nitrogens is 4. The van der Waals surface area contributed by atoms with Gasteiger partial charge < -0.3 is 4.52 Å². The molecule has 2 aromatic heterocycles. The van der Waals surface area contributed by atoms with Crippen molar-refractivity contribution in [3.05, 3.63) is 35.9 Å². The first-order chi connectivity index (χ1) is 10.2. The molecule has 0 aliphatic carbocycles. The van der Waals surface area contributed by atoms with Crippen molar-refractivity contribution >= 4 is 34.9 Å². The molecule has 9 heteroatoms. The fourth-order valence-electron chi connectivity index (χ4n) is 1.49. The Morgan fingerprint density at radius 3 is 2.67 bits per heavy atom. The van der Waals surface area contributed by atoms with Gasteiger partial charge in [0.25, 0.3) is 5.89 Å². The predicted molar refractivity (Wildman–Crippen MR) is 80.9 cm³/mol. The molecule has 0 radical (unpaired) electrons. The van der Waals surface area contributed by atoms with Crippen LogP contribution < -0.4 is 0 Å². The van der Waals surface area contributed by atoms with Crippen LogP contribution in [0.3, 0.4) is 0 Å². The van der Waals surface area contributed by atoms with E-state index < -0.39 is 0 Å². The summed E-state index contributed by atoms with van der Waals surface area (Å²) in [6.45, 7) is 0. The van der Waals surface area contributed by atoms with Crippen LogP contribution >= 0.6 is 34.9 Å². The zero-order chi connectivity index (χ0) is 14.7. The molecule has 3 rings (SSSR count). The summed E-state index contributed by atoms with van der Waals surface area (Å²) in [6.07, 6.45) is 1.96. The summed E-state index contributed by atoms with van der Waals surface area (Å²) < 4.78 is 19.8. The van der Waals surface area contributed by atoms with Crippen LogP contribution in [0.15, 0.2) is 37.5 Å². The smallest absolute Gasteiger partial charge is 0.257 e. The van der Waals surface area contributed by atoms with Crippen molar-refractivity contribution in [1.82, 2.24) is 20.3 Å². The molecule has 21 heavy (non-hydrogen) atoms. The van der Waals surface area contributed by atoms with Crippen molar-refractivity contribution in [2.75, 3.05) is 6.26 Å². The van der Waals surface area contributed by atoms with Crippen molar-refractivity contribution in [3.63, 3.8) is 0 Å². The molecule has 0 N–H and O–H groups in total. The Morgan fingerprint density at radius 1 is 1.19 bits per heavy atom. The van der Waals surface area contributed by atoms with E-state index >= 15 is 0 Å². The van der Waals surface area contributed by atoms with E-state index in [-0.39, 0.29) is 5.82 Å². The maximum atomic E-state index is 12.9. The number of thioether (sulfide) groups is 2. The first-order valence-electron chi connectivity index (χ1n) is 5.83. The molecule has 0 aliphatic heterocycles. The fraction of sp³-hybridized carbons (Fsp3) is 0.167. The van der Waals surface area contributed by atoms with Crippen LogP contribution in [0.25, 0.3) is 11.5 Å². The molecule has 3 aromatic rings. The second kappa shape index (κ2) is 6.54. The molecule has 0 amide bonds. The van der Waals surface area contributed by atoms with Crippen LogP contribution in [0.5, 0.6) is 0 Å². The highest BCUT2D eigenvalue weighted by atomic mass is 32.2. The Hall–Kier alpha value is -1.45. The van der Waals surface area contributed by atoms with Gasteiger partial charge in [-0.2, -0.15) is 4.98 Å². The lowest BCUT2D eigenvalue weighted by Gasteiger charge is -1.92. The number of nitrogens with zero attached hydrogens (tertiary/aromatic N) is 4. The highest BCUT2D eigenvalue weighted by molar-refractivity contribution is 8.02. The Morgan fingerprint density at radius 2 is 1.95 bits per heavy atom. The molecule has 2 heterocycles. The van der Waals surface area contributed by atoms with Crippen molar-refractivity contribution in [2.45, 2.75) is 14.4 Å². The summed E-state index contributed by atoms with van der Waals surface area (Å²) in [5.74, 6) is 1.20. The maximum absolute atomic E-state index is 12.9. The number of hydrogen-bond acceptors (Lipinski definition) is 8. The lowest BCUT2D eigenvalue weighted by Crippen LogP contribution is -1.84. The highest BCUT2D eigenvalue weighted by Crippen LogP contribution is 2.29. The van der Waals surface area contributed by atoms with Crippen LogP contribution in [0.1, 0.15) is 5.82 Å². The van der Waals surface area contributed by atoms with Crippen LogP contribution in [-0.4, -0.2) is 26.6 Å². The SMILES string of the molecule is CSc1nnc(SCc2noc(-c3ccc(F)cc3)n2)s1.